The van der Waals surface area contributed by atoms with Crippen molar-refractivity contribution in [3.8, 4) is 11.8 Å². The minimum atomic E-state index is 0.676. The summed E-state index contributed by atoms with van der Waals surface area (Å²) in [5, 5.41) is 20.3. The maximum absolute atomic E-state index is 8.76. The van der Waals surface area contributed by atoms with Crippen LogP contribution in [0.25, 0.3) is 5.69 Å². The zero-order chi connectivity index (χ0) is 14.5. The molecule has 0 saturated carbocycles. The number of hydrogen-bond donors (Lipinski definition) is 1. The van der Waals surface area contributed by atoms with Crippen molar-refractivity contribution in [2.45, 2.75) is 6.54 Å². The van der Waals surface area contributed by atoms with Gasteiger partial charge in [-0.25, -0.2) is 0 Å². The summed E-state index contributed by atoms with van der Waals surface area (Å²) in [6.07, 6.45) is 3.30. The predicted octanol–water partition coefficient (Wildman–Crippen LogP) is 2.75. The van der Waals surface area contributed by atoms with E-state index in [0.29, 0.717) is 12.1 Å². The lowest BCUT2D eigenvalue weighted by molar-refractivity contribution is 0.752. The molecule has 3 aromatic rings. The van der Waals surface area contributed by atoms with E-state index < -0.39 is 0 Å². The highest BCUT2D eigenvalue weighted by Gasteiger charge is 1.99. The molecule has 5 heteroatoms. The zero-order valence-corrected chi connectivity index (χ0v) is 11.3. The third-order valence-corrected chi connectivity index (χ3v) is 3.10. The molecule has 1 N–H and O–H groups in total. The number of rotatable bonds is 4. The molecule has 0 aliphatic rings. The molecule has 21 heavy (non-hydrogen) atoms. The second-order valence-electron chi connectivity index (χ2n) is 4.53. The molecule has 3 rings (SSSR count). The predicted molar refractivity (Wildman–Crippen MR) is 79.8 cm³/mol. The van der Waals surface area contributed by atoms with Crippen LogP contribution < -0.4 is 5.32 Å². The van der Waals surface area contributed by atoms with Crippen molar-refractivity contribution in [3.63, 3.8) is 0 Å². The first-order valence-corrected chi connectivity index (χ1v) is 6.55. The second-order valence-corrected chi connectivity index (χ2v) is 4.53. The Kier molecular flexibility index (Phi) is 3.61. The Morgan fingerprint density at radius 1 is 0.952 bits per heavy atom. The average Bonchev–Trinajstić information content (AvgIpc) is 3.08. The molecular weight excluding hydrogens is 262 g/mol. The molecule has 0 aliphatic carbocycles. The van der Waals surface area contributed by atoms with Crippen molar-refractivity contribution in [3.05, 3.63) is 72.1 Å². The van der Waals surface area contributed by atoms with Crippen LogP contribution >= 0.6 is 0 Å². The third kappa shape index (κ3) is 3.07. The van der Waals surface area contributed by atoms with Gasteiger partial charge in [-0.1, -0.05) is 12.1 Å². The molecule has 5 nitrogen and oxygen atoms in total. The minimum absolute atomic E-state index is 0.676. The topological polar surface area (TPSA) is 66.5 Å². The zero-order valence-electron chi connectivity index (χ0n) is 11.3. The molecule has 1 heterocycles. The molecule has 0 unspecified atom stereocenters. The summed E-state index contributed by atoms with van der Waals surface area (Å²) < 4.78 is 0. The van der Waals surface area contributed by atoms with Gasteiger partial charge in [0, 0.05) is 12.2 Å². The molecule has 1 aromatic heterocycles. The molecule has 0 saturated heterocycles. The number of anilines is 1. The fourth-order valence-electron chi connectivity index (χ4n) is 1.96. The second kappa shape index (κ2) is 5.88. The Morgan fingerprint density at radius 2 is 1.62 bits per heavy atom. The Morgan fingerprint density at radius 3 is 2.24 bits per heavy atom. The highest BCUT2D eigenvalue weighted by molar-refractivity contribution is 5.48. The van der Waals surface area contributed by atoms with E-state index in [2.05, 4.69) is 21.6 Å². The van der Waals surface area contributed by atoms with Crippen LogP contribution in [-0.4, -0.2) is 15.0 Å². The van der Waals surface area contributed by atoms with E-state index in [4.69, 9.17) is 5.26 Å². The summed E-state index contributed by atoms with van der Waals surface area (Å²) in [7, 11) is 0. The summed E-state index contributed by atoms with van der Waals surface area (Å²) >= 11 is 0. The quantitative estimate of drug-likeness (QED) is 0.795. The van der Waals surface area contributed by atoms with E-state index in [9.17, 15) is 0 Å². The first-order chi connectivity index (χ1) is 10.3. The van der Waals surface area contributed by atoms with Crippen molar-refractivity contribution >= 4 is 5.69 Å². The van der Waals surface area contributed by atoms with E-state index in [0.717, 1.165) is 16.9 Å². The number of benzene rings is 2. The van der Waals surface area contributed by atoms with Crippen LogP contribution in [-0.2, 0) is 6.54 Å². The number of nitrogens with zero attached hydrogens (tertiary/aromatic N) is 4. The van der Waals surface area contributed by atoms with E-state index >= 15 is 0 Å². The van der Waals surface area contributed by atoms with Gasteiger partial charge in [0.2, 0.25) is 0 Å². The normalized spacial score (nSPS) is 10.0. The standard InChI is InChI=1S/C16H13N5/c17-11-13-1-3-14(4-2-13)12-18-15-5-7-16(8-6-15)21-19-9-10-20-21/h1-10,18H,12H2. The van der Waals surface area contributed by atoms with Gasteiger partial charge >= 0.3 is 0 Å². The van der Waals surface area contributed by atoms with Gasteiger partial charge in [-0.15, -0.1) is 0 Å². The van der Waals surface area contributed by atoms with Gasteiger partial charge in [-0.05, 0) is 42.0 Å². The molecule has 0 spiro atoms. The van der Waals surface area contributed by atoms with Gasteiger partial charge in [-0.2, -0.15) is 20.3 Å². The molecule has 0 aliphatic heterocycles. The number of aromatic nitrogens is 3. The van der Waals surface area contributed by atoms with Gasteiger partial charge in [0.15, 0.2) is 0 Å². The van der Waals surface area contributed by atoms with Crippen LogP contribution in [0.2, 0.25) is 0 Å². The number of hydrogen-bond acceptors (Lipinski definition) is 4. The first kappa shape index (κ1) is 12.9. The van der Waals surface area contributed by atoms with Crippen molar-refractivity contribution in [2.24, 2.45) is 0 Å². The lowest BCUT2D eigenvalue weighted by Crippen LogP contribution is -2.01. The van der Waals surface area contributed by atoms with Crippen LogP contribution in [0.5, 0.6) is 0 Å². The Bertz CT molecular complexity index is 737. The minimum Gasteiger partial charge on any atom is -0.381 e. The van der Waals surface area contributed by atoms with Gasteiger partial charge in [0.05, 0.1) is 29.7 Å². The number of nitrogens with one attached hydrogen (secondary N) is 1. The first-order valence-electron chi connectivity index (χ1n) is 6.55. The van der Waals surface area contributed by atoms with Crippen molar-refractivity contribution in [2.75, 3.05) is 5.32 Å². The molecule has 102 valence electrons. The average molecular weight is 275 g/mol. The highest BCUT2D eigenvalue weighted by atomic mass is 15.5. The van der Waals surface area contributed by atoms with Gasteiger partial charge < -0.3 is 5.32 Å². The largest absolute Gasteiger partial charge is 0.381 e. The van der Waals surface area contributed by atoms with E-state index in [1.54, 1.807) is 17.2 Å². The maximum Gasteiger partial charge on any atom is 0.0991 e. The molecule has 0 bridgehead atoms. The smallest absolute Gasteiger partial charge is 0.0991 e. The summed E-state index contributed by atoms with van der Waals surface area (Å²) in [6.45, 7) is 0.713. The Labute approximate surface area is 122 Å². The van der Waals surface area contributed by atoms with Crippen molar-refractivity contribution < 1.29 is 0 Å². The summed E-state index contributed by atoms with van der Waals surface area (Å²) in [4.78, 5) is 1.57. The van der Waals surface area contributed by atoms with Gasteiger partial charge in [0.1, 0.15) is 0 Å². The SMILES string of the molecule is N#Cc1ccc(CNc2ccc(-n3nccn3)cc2)cc1. The summed E-state index contributed by atoms with van der Waals surface area (Å²) in [5.74, 6) is 0. The van der Waals surface area contributed by atoms with Crippen LogP contribution in [0.4, 0.5) is 5.69 Å². The lowest BCUT2D eigenvalue weighted by atomic mass is 10.1. The summed E-state index contributed by atoms with van der Waals surface area (Å²) in [5.41, 5.74) is 3.75. The molecule has 0 atom stereocenters. The fraction of sp³-hybridized carbons (Fsp3) is 0.0625. The van der Waals surface area contributed by atoms with Gasteiger partial charge in [-0.3, -0.25) is 0 Å². The molecule has 0 fully saturated rings. The molecular formula is C16H13N5. The monoisotopic (exact) mass is 275 g/mol. The van der Waals surface area contributed by atoms with Crippen LogP contribution in [0, 0.1) is 11.3 Å². The molecule has 0 radical (unpaired) electrons. The van der Waals surface area contributed by atoms with Crippen LogP contribution in [0.3, 0.4) is 0 Å². The Hall–Kier alpha value is -3.13. The lowest BCUT2D eigenvalue weighted by Gasteiger charge is -2.07. The fourth-order valence-corrected chi connectivity index (χ4v) is 1.96. The van der Waals surface area contributed by atoms with Crippen LogP contribution in [0.15, 0.2) is 60.9 Å². The van der Waals surface area contributed by atoms with E-state index in [-0.39, 0.29) is 0 Å². The molecule has 0 amide bonds. The van der Waals surface area contributed by atoms with Gasteiger partial charge in [0.25, 0.3) is 0 Å². The van der Waals surface area contributed by atoms with Crippen molar-refractivity contribution in [1.82, 2.24) is 15.0 Å². The Balaban J connectivity index is 1.64. The van der Waals surface area contributed by atoms with Crippen molar-refractivity contribution in [1.29, 1.82) is 5.26 Å². The third-order valence-electron chi connectivity index (χ3n) is 3.10. The molecule has 2 aromatic carbocycles. The van der Waals surface area contributed by atoms with Crippen LogP contribution in [0.1, 0.15) is 11.1 Å². The highest BCUT2D eigenvalue weighted by Crippen LogP contribution is 2.13. The summed E-state index contributed by atoms with van der Waals surface area (Å²) in [6, 6.07) is 17.6. The van der Waals surface area contributed by atoms with E-state index in [1.807, 2.05) is 48.5 Å². The number of nitriles is 1. The maximum atomic E-state index is 8.76. The van der Waals surface area contributed by atoms with E-state index in [1.165, 1.54) is 0 Å².